The van der Waals surface area contributed by atoms with Crippen molar-refractivity contribution in [3.8, 4) is 0 Å². The van der Waals surface area contributed by atoms with Crippen LogP contribution in [-0.2, 0) is 13.6 Å². The Labute approximate surface area is 115 Å². The van der Waals surface area contributed by atoms with Gasteiger partial charge in [-0.3, -0.25) is 4.99 Å². The summed E-state index contributed by atoms with van der Waals surface area (Å²) >= 11 is 0. The van der Waals surface area contributed by atoms with Crippen LogP contribution in [0.3, 0.4) is 0 Å². The molecule has 1 aromatic rings. The van der Waals surface area contributed by atoms with E-state index in [0.29, 0.717) is 6.04 Å². The van der Waals surface area contributed by atoms with Crippen molar-refractivity contribution in [1.82, 2.24) is 15.2 Å². The van der Waals surface area contributed by atoms with Crippen LogP contribution >= 0.6 is 24.0 Å². The van der Waals surface area contributed by atoms with Gasteiger partial charge in [-0.1, -0.05) is 0 Å². The molecule has 0 aliphatic carbocycles. The Bertz CT molecular complexity index is 330. The van der Waals surface area contributed by atoms with E-state index in [9.17, 15) is 0 Å². The molecule has 2 N–H and O–H groups in total. The summed E-state index contributed by atoms with van der Waals surface area (Å²) < 4.78 is 2.04. The number of hydrogen-bond acceptors (Lipinski definition) is 1. The lowest BCUT2D eigenvalue weighted by atomic mass is 10.3. The molecule has 0 fully saturated rings. The van der Waals surface area contributed by atoms with Crippen LogP contribution in [0.4, 0.5) is 0 Å². The third-order valence-electron chi connectivity index (χ3n) is 2.00. The van der Waals surface area contributed by atoms with Crippen molar-refractivity contribution in [3.05, 3.63) is 24.0 Å². The predicted octanol–water partition coefficient (Wildman–Crippen LogP) is 1.72. The molecule has 0 atom stereocenters. The first-order valence-electron chi connectivity index (χ1n) is 5.20. The maximum absolute atomic E-state index is 4.14. The summed E-state index contributed by atoms with van der Waals surface area (Å²) in [5.41, 5.74) is 1.25. The summed E-state index contributed by atoms with van der Waals surface area (Å²) in [6.45, 7) is 4.98. The van der Waals surface area contributed by atoms with E-state index in [1.165, 1.54) is 5.56 Å². The van der Waals surface area contributed by atoms with Gasteiger partial charge < -0.3 is 15.2 Å². The van der Waals surface area contributed by atoms with E-state index in [1.807, 2.05) is 17.8 Å². The Balaban J connectivity index is 0.00000225. The van der Waals surface area contributed by atoms with Crippen molar-refractivity contribution in [2.75, 3.05) is 7.05 Å². The van der Waals surface area contributed by atoms with E-state index < -0.39 is 0 Å². The van der Waals surface area contributed by atoms with Crippen molar-refractivity contribution in [2.45, 2.75) is 26.4 Å². The van der Waals surface area contributed by atoms with Crippen LogP contribution in [-0.4, -0.2) is 23.6 Å². The molecule has 0 saturated heterocycles. The number of nitrogens with zero attached hydrogens (tertiary/aromatic N) is 2. The predicted molar refractivity (Wildman–Crippen MR) is 79.3 cm³/mol. The number of nitrogens with one attached hydrogen (secondary N) is 2. The van der Waals surface area contributed by atoms with E-state index in [2.05, 4.69) is 41.7 Å². The summed E-state index contributed by atoms with van der Waals surface area (Å²) in [6, 6.07) is 2.49. The maximum Gasteiger partial charge on any atom is 0.191 e. The first-order chi connectivity index (χ1) is 7.11. The largest absolute Gasteiger partial charge is 0.357 e. The van der Waals surface area contributed by atoms with Crippen LogP contribution in [0.1, 0.15) is 19.4 Å². The van der Waals surface area contributed by atoms with E-state index >= 15 is 0 Å². The Kier molecular flexibility index (Phi) is 7.20. The average Bonchev–Trinajstić information content (AvgIpc) is 2.58. The summed E-state index contributed by atoms with van der Waals surface area (Å²) in [7, 11) is 3.80. The fourth-order valence-electron chi connectivity index (χ4n) is 1.32. The monoisotopic (exact) mass is 336 g/mol. The van der Waals surface area contributed by atoms with Crippen molar-refractivity contribution >= 4 is 29.9 Å². The molecular weight excluding hydrogens is 315 g/mol. The van der Waals surface area contributed by atoms with Crippen molar-refractivity contribution < 1.29 is 0 Å². The topological polar surface area (TPSA) is 41.4 Å². The molecule has 0 aromatic carbocycles. The minimum absolute atomic E-state index is 0. The van der Waals surface area contributed by atoms with Crippen LogP contribution in [0.15, 0.2) is 23.5 Å². The summed E-state index contributed by atoms with van der Waals surface area (Å²) in [5.74, 6) is 0.842. The molecular formula is C11H21IN4. The number of aromatic nitrogens is 1. The number of hydrogen-bond donors (Lipinski definition) is 2. The van der Waals surface area contributed by atoms with Gasteiger partial charge in [-0.25, -0.2) is 0 Å². The molecule has 4 nitrogen and oxygen atoms in total. The second kappa shape index (κ2) is 7.54. The van der Waals surface area contributed by atoms with Crippen molar-refractivity contribution in [3.63, 3.8) is 0 Å². The van der Waals surface area contributed by atoms with Crippen molar-refractivity contribution in [2.24, 2.45) is 12.0 Å². The Morgan fingerprint density at radius 1 is 1.50 bits per heavy atom. The van der Waals surface area contributed by atoms with E-state index in [0.717, 1.165) is 12.5 Å². The molecule has 1 aromatic heterocycles. The molecule has 1 heterocycles. The Hall–Kier alpha value is -0.720. The molecule has 92 valence electrons. The SMILES string of the molecule is CN=C(NCc1ccn(C)c1)NC(C)C.I. The lowest BCUT2D eigenvalue weighted by Gasteiger charge is -2.13. The highest BCUT2D eigenvalue weighted by Gasteiger charge is 2.00. The quantitative estimate of drug-likeness (QED) is 0.501. The van der Waals surface area contributed by atoms with Gasteiger partial charge in [0.2, 0.25) is 0 Å². The van der Waals surface area contributed by atoms with E-state index in [-0.39, 0.29) is 24.0 Å². The molecule has 0 aliphatic rings. The highest BCUT2D eigenvalue weighted by molar-refractivity contribution is 14.0. The molecule has 0 aliphatic heterocycles. The molecule has 1 rings (SSSR count). The summed E-state index contributed by atoms with van der Waals surface area (Å²) in [4.78, 5) is 4.14. The van der Waals surface area contributed by atoms with Gasteiger partial charge in [0.15, 0.2) is 5.96 Å². The molecule has 0 radical (unpaired) electrons. The average molecular weight is 336 g/mol. The lowest BCUT2D eigenvalue weighted by molar-refractivity contribution is 0.699. The van der Waals surface area contributed by atoms with Crippen molar-refractivity contribution in [1.29, 1.82) is 0 Å². The third-order valence-corrected chi connectivity index (χ3v) is 2.00. The van der Waals surface area contributed by atoms with Crippen LogP contribution in [0.5, 0.6) is 0 Å². The maximum atomic E-state index is 4.14. The lowest BCUT2D eigenvalue weighted by Crippen LogP contribution is -2.40. The zero-order valence-electron chi connectivity index (χ0n) is 10.3. The van der Waals surface area contributed by atoms with Gasteiger partial charge in [-0.15, -0.1) is 24.0 Å². The van der Waals surface area contributed by atoms with Gasteiger partial charge in [-0.2, -0.15) is 0 Å². The second-order valence-electron chi connectivity index (χ2n) is 3.91. The van der Waals surface area contributed by atoms with Gasteiger partial charge in [-0.05, 0) is 25.5 Å². The number of rotatable bonds is 3. The van der Waals surface area contributed by atoms with Crippen LogP contribution in [0.2, 0.25) is 0 Å². The van der Waals surface area contributed by atoms with Gasteiger partial charge >= 0.3 is 0 Å². The fraction of sp³-hybridized carbons (Fsp3) is 0.545. The van der Waals surface area contributed by atoms with Gasteiger partial charge in [0.25, 0.3) is 0 Å². The normalized spacial score (nSPS) is 11.2. The number of halogens is 1. The highest BCUT2D eigenvalue weighted by Crippen LogP contribution is 1.98. The van der Waals surface area contributed by atoms with E-state index in [4.69, 9.17) is 0 Å². The smallest absolute Gasteiger partial charge is 0.191 e. The molecule has 0 bridgehead atoms. The minimum Gasteiger partial charge on any atom is -0.357 e. The zero-order chi connectivity index (χ0) is 11.3. The zero-order valence-corrected chi connectivity index (χ0v) is 12.6. The van der Waals surface area contributed by atoms with E-state index in [1.54, 1.807) is 7.05 Å². The van der Waals surface area contributed by atoms with Crippen LogP contribution in [0, 0.1) is 0 Å². The first-order valence-corrected chi connectivity index (χ1v) is 5.20. The standard InChI is InChI=1S/C11H20N4.HI/c1-9(2)14-11(12-3)13-7-10-5-6-15(4)8-10;/h5-6,8-9H,7H2,1-4H3,(H2,12,13,14);1H. The van der Waals surface area contributed by atoms with Gasteiger partial charge in [0.05, 0.1) is 0 Å². The highest BCUT2D eigenvalue weighted by atomic mass is 127. The fourth-order valence-corrected chi connectivity index (χ4v) is 1.32. The molecule has 0 saturated carbocycles. The van der Waals surface area contributed by atoms with Crippen LogP contribution < -0.4 is 10.6 Å². The summed E-state index contributed by atoms with van der Waals surface area (Å²) in [5, 5.41) is 6.49. The van der Waals surface area contributed by atoms with Crippen LogP contribution in [0.25, 0.3) is 0 Å². The molecule has 0 amide bonds. The first kappa shape index (κ1) is 15.3. The third kappa shape index (κ3) is 5.39. The Morgan fingerprint density at radius 3 is 2.62 bits per heavy atom. The Morgan fingerprint density at radius 2 is 2.19 bits per heavy atom. The molecule has 16 heavy (non-hydrogen) atoms. The molecule has 0 spiro atoms. The number of guanidine groups is 1. The number of aryl methyl sites for hydroxylation is 1. The number of aliphatic imine (C=N–C) groups is 1. The summed E-state index contributed by atoms with van der Waals surface area (Å²) in [6.07, 6.45) is 4.13. The minimum atomic E-state index is 0. The van der Waals surface area contributed by atoms with Gasteiger partial charge in [0.1, 0.15) is 0 Å². The van der Waals surface area contributed by atoms with Gasteiger partial charge in [0, 0.05) is 39.1 Å². The second-order valence-corrected chi connectivity index (χ2v) is 3.91. The molecule has 0 unspecified atom stereocenters. The molecule has 5 heteroatoms.